The summed E-state index contributed by atoms with van der Waals surface area (Å²) >= 11 is 0. The van der Waals surface area contributed by atoms with Gasteiger partial charge < -0.3 is 14.2 Å². The second kappa shape index (κ2) is 9.58. The molecule has 1 aliphatic heterocycles. The minimum atomic E-state index is -4.37. The quantitative estimate of drug-likeness (QED) is 0.335. The zero-order valence-electron chi connectivity index (χ0n) is 19.2. The third-order valence-electron chi connectivity index (χ3n) is 6.66. The molecule has 1 saturated carbocycles. The molecule has 0 N–H and O–H groups in total. The molecule has 2 unspecified atom stereocenters. The van der Waals surface area contributed by atoms with E-state index in [4.69, 9.17) is 14.2 Å². The van der Waals surface area contributed by atoms with E-state index in [2.05, 4.69) is 5.10 Å². The van der Waals surface area contributed by atoms with Crippen molar-refractivity contribution < 1.29 is 27.4 Å². The molecule has 1 saturated heterocycles. The molecule has 2 fully saturated rings. The zero-order chi connectivity index (χ0) is 23.7. The molecule has 0 radical (unpaired) electrons. The van der Waals surface area contributed by atoms with Crippen molar-refractivity contribution in [2.45, 2.75) is 76.7 Å². The van der Waals surface area contributed by atoms with Crippen molar-refractivity contribution in [1.29, 1.82) is 0 Å². The van der Waals surface area contributed by atoms with Crippen LogP contribution in [0, 0.1) is 0 Å². The van der Waals surface area contributed by atoms with Crippen LogP contribution < -0.4 is 4.74 Å². The van der Waals surface area contributed by atoms with Gasteiger partial charge in [0.05, 0.1) is 11.1 Å². The minimum Gasteiger partial charge on any atom is -0.489 e. The minimum absolute atomic E-state index is 0.00192. The number of aryl methyl sites for hydroxylation is 1. The molecule has 2 aliphatic rings. The van der Waals surface area contributed by atoms with Crippen LogP contribution in [-0.4, -0.2) is 28.8 Å². The lowest BCUT2D eigenvalue weighted by Gasteiger charge is -2.19. The van der Waals surface area contributed by atoms with Gasteiger partial charge in [-0.2, -0.15) is 18.3 Å². The molecule has 0 bridgehead atoms. The van der Waals surface area contributed by atoms with Crippen molar-refractivity contribution in [2.24, 2.45) is 0 Å². The first-order valence-corrected chi connectivity index (χ1v) is 12.0. The summed E-state index contributed by atoms with van der Waals surface area (Å²) in [7, 11) is 0. The number of hydrogen-bond donors (Lipinski definition) is 0. The smallest absolute Gasteiger partial charge is 0.416 e. The van der Waals surface area contributed by atoms with Crippen LogP contribution in [0.4, 0.5) is 13.2 Å². The van der Waals surface area contributed by atoms with E-state index in [-0.39, 0.29) is 24.9 Å². The summed E-state index contributed by atoms with van der Waals surface area (Å²) in [6, 6.07) is 10.2. The number of fused-ring (bicyclic) bond motifs is 1. The Labute approximate surface area is 196 Å². The number of benzene rings is 2. The summed E-state index contributed by atoms with van der Waals surface area (Å²) in [4.78, 5) is 0. The molecular formula is C26H29F3N2O3. The Morgan fingerprint density at radius 1 is 1.12 bits per heavy atom. The largest absolute Gasteiger partial charge is 0.489 e. The maximum atomic E-state index is 13.7. The first-order chi connectivity index (χ1) is 16.4. The molecule has 5 nitrogen and oxygen atoms in total. The number of rotatable bonds is 9. The van der Waals surface area contributed by atoms with E-state index in [0.717, 1.165) is 43.0 Å². The van der Waals surface area contributed by atoms with Crippen LogP contribution in [0.5, 0.6) is 5.75 Å². The lowest BCUT2D eigenvalue weighted by molar-refractivity contribution is -0.138. The van der Waals surface area contributed by atoms with Crippen LogP contribution in [0.25, 0.3) is 10.9 Å². The lowest BCUT2D eigenvalue weighted by atomic mass is 9.91. The molecule has 3 aromatic rings. The average Bonchev–Trinajstić information content (AvgIpc) is 3.19. The molecule has 2 heterocycles. The number of epoxide rings is 1. The standard InChI is InChI=1S/C26H29F3N2O3/c1-2-32-25-24(34-25)11-12-31-15-19-14-20(8-10-23(19)30-31)33-16-17-7-9-21(18-5-3-4-6-18)22(13-17)26(27,28)29/h7-10,13-15,18,24-25H,2-6,11-12,16H2,1H3. The Balaban J connectivity index is 1.24. The van der Waals surface area contributed by atoms with Gasteiger partial charge >= 0.3 is 6.18 Å². The number of nitrogens with zero attached hydrogens (tertiary/aromatic N) is 2. The highest BCUT2D eigenvalue weighted by atomic mass is 19.4. The topological polar surface area (TPSA) is 48.8 Å². The summed E-state index contributed by atoms with van der Waals surface area (Å²) in [5.74, 6) is 0.601. The van der Waals surface area contributed by atoms with Crippen LogP contribution in [0.3, 0.4) is 0 Å². The molecule has 2 aromatic carbocycles. The number of hydrogen-bond acceptors (Lipinski definition) is 4. The lowest BCUT2D eigenvalue weighted by Crippen LogP contribution is -2.12. The Hall–Kier alpha value is -2.58. The van der Waals surface area contributed by atoms with E-state index in [9.17, 15) is 13.2 Å². The highest BCUT2D eigenvalue weighted by molar-refractivity contribution is 5.79. The molecule has 182 valence electrons. The Morgan fingerprint density at radius 3 is 2.71 bits per heavy atom. The Bertz CT molecular complexity index is 1140. The van der Waals surface area contributed by atoms with Crippen LogP contribution in [-0.2, 0) is 28.8 Å². The molecule has 0 amide bonds. The summed E-state index contributed by atoms with van der Waals surface area (Å²) in [5, 5.41) is 5.49. The van der Waals surface area contributed by atoms with Crippen molar-refractivity contribution in [3.05, 3.63) is 59.3 Å². The Kier molecular flexibility index (Phi) is 6.53. The van der Waals surface area contributed by atoms with Gasteiger partial charge in [-0.3, -0.25) is 4.68 Å². The predicted molar refractivity (Wildman–Crippen MR) is 122 cm³/mol. The third-order valence-corrected chi connectivity index (χ3v) is 6.66. The summed E-state index contributed by atoms with van der Waals surface area (Å²) in [6.07, 6.45) is 2.06. The van der Waals surface area contributed by atoms with E-state index in [1.54, 1.807) is 18.2 Å². The van der Waals surface area contributed by atoms with Crippen molar-refractivity contribution in [2.75, 3.05) is 6.61 Å². The highest BCUT2D eigenvalue weighted by Gasteiger charge is 2.39. The van der Waals surface area contributed by atoms with Gasteiger partial charge in [0.25, 0.3) is 0 Å². The molecule has 0 spiro atoms. The maximum Gasteiger partial charge on any atom is 0.416 e. The van der Waals surface area contributed by atoms with E-state index in [1.807, 2.05) is 29.9 Å². The van der Waals surface area contributed by atoms with Gasteiger partial charge in [-0.25, -0.2) is 0 Å². The predicted octanol–water partition coefficient (Wildman–Crippen LogP) is 6.44. The molecule has 2 atom stereocenters. The second-order valence-corrected chi connectivity index (χ2v) is 9.09. The van der Waals surface area contributed by atoms with Crippen molar-refractivity contribution in [3.63, 3.8) is 0 Å². The molecule has 1 aliphatic carbocycles. The van der Waals surface area contributed by atoms with Crippen molar-refractivity contribution in [3.8, 4) is 5.75 Å². The Morgan fingerprint density at radius 2 is 1.94 bits per heavy atom. The third kappa shape index (κ3) is 5.23. The first-order valence-electron chi connectivity index (χ1n) is 12.0. The summed E-state index contributed by atoms with van der Waals surface area (Å²) < 4.78 is 59.8. The van der Waals surface area contributed by atoms with Gasteiger partial charge in [-0.15, -0.1) is 0 Å². The SMILES string of the molecule is CCOC1OC1CCn1cc2cc(OCc3ccc(C4CCCC4)c(C(F)(F)F)c3)ccc2n1. The number of ether oxygens (including phenoxy) is 3. The molecule has 1 aromatic heterocycles. The summed E-state index contributed by atoms with van der Waals surface area (Å²) in [6.45, 7) is 3.37. The van der Waals surface area contributed by atoms with Crippen molar-refractivity contribution >= 4 is 10.9 Å². The van der Waals surface area contributed by atoms with E-state index >= 15 is 0 Å². The first kappa shape index (κ1) is 23.2. The monoisotopic (exact) mass is 474 g/mol. The van der Waals surface area contributed by atoms with Crippen LogP contribution >= 0.6 is 0 Å². The van der Waals surface area contributed by atoms with Gasteiger partial charge in [0.15, 0.2) is 6.29 Å². The van der Waals surface area contributed by atoms with Gasteiger partial charge in [0.2, 0.25) is 0 Å². The van der Waals surface area contributed by atoms with Crippen LogP contribution in [0.15, 0.2) is 42.6 Å². The van der Waals surface area contributed by atoms with Crippen molar-refractivity contribution in [1.82, 2.24) is 9.78 Å². The molecule has 8 heteroatoms. The average molecular weight is 475 g/mol. The van der Waals surface area contributed by atoms with Crippen LogP contribution in [0.1, 0.15) is 61.6 Å². The summed E-state index contributed by atoms with van der Waals surface area (Å²) in [5.41, 5.74) is 1.25. The second-order valence-electron chi connectivity index (χ2n) is 9.09. The fourth-order valence-electron chi connectivity index (χ4n) is 4.86. The van der Waals surface area contributed by atoms with Gasteiger partial charge in [0, 0.05) is 24.7 Å². The fraction of sp³-hybridized carbons (Fsp3) is 0.500. The van der Waals surface area contributed by atoms with Gasteiger partial charge in [-0.1, -0.05) is 25.0 Å². The number of aromatic nitrogens is 2. The van der Waals surface area contributed by atoms with E-state index < -0.39 is 11.7 Å². The van der Waals surface area contributed by atoms with Gasteiger partial charge in [-0.05, 0) is 67.5 Å². The van der Waals surface area contributed by atoms with E-state index in [1.165, 1.54) is 6.07 Å². The molecule has 34 heavy (non-hydrogen) atoms. The van der Waals surface area contributed by atoms with E-state index in [0.29, 0.717) is 30.0 Å². The highest BCUT2D eigenvalue weighted by Crippen LogP contribution is 2.42. The normalized spacial score (nSPS) is 20.8. The maximum absolute atomic E-state index is 13.7. The van der Waals surface area contributed by atoms with Gasteiger partial charge in [0.1, 0.15) is 18.5 Å². The number of alkyl halides is 3. The number of halogens is 3. The molecule has 5 rings (SSSR count). The molecular weight excluding hydrogens is 445 g/mol. The van der Waals surface area contributed by atoms with Crippen LogP contribution in [0.2, 0.25) is 0 Å². The zero-order valence-corrected chi connectivity index (χ0v) is 19.2. The fourth-order valence-corrected chi connectivity index (χ4v) is 4.86.